The SMILES string of the molecule is NC(=O)C1=C(CO)C(=O)N(Cc2cccc(-c3ccc(Cl)nc3)c2)C1. The number of aliphatic hydroxyl groups is 1. The van der Waals surface area contributed by atoms with Crippen LogP contribution in [-0.4, -0.2) is 40.0 Å². The van der Waals surface area contributed by atoms with Crippen LogP contribution in [0.1, 0.15) is 5.56 Å². The van der Waals surface area contributed by atoms with E-state index in [9.17, 15) is 14.7 Å². The number of carbonyl (C=O) groups excluding carboxylic acids is 2. The largest absolute Gasteiger partial charge is 0.391 e. The molecule has 3 rings (SSSR count). The molecule has 0 aliphatic carbocycles. The quantitative estimate of drug-likeness (QED) is 0.793. The normalized spacial score (nSPS) is 14.3. The van der Waals surface area contributed by atoms with Gasteiger partial charge in [0.15, 0.2) is 0 Å². The topological polar surface area (TPSA) is 96.5 Å². The summed E-state index contributed by atoms with van der Waals surface area (Å²) in [7, 11) is 0. The molecule has 3 N–H and O–H groups in total. The van der Waals surface area contributed by atoms with E-state index in [1.54, 1.807) is 12.3 Å². The highest BCUT2D eigenvalue weighted by atomic mass is 35.5. The summed E-state index contributed by atoms with van der Waals surface area (Å²) in [5.74, 6) is -1.05. The second-order valence-electron chi connectivity index (χ2n) is 5.71. The molecular formula is C18H16ClN3O3. The molecule has 25 heavy (non-hydrogen) atoms. The number of benzene rings is 1. The van der Waals surface area contributed by atoms with Crippen LogP contribution in [0.5, 0.6) is 0 Å². The molecule has 0 radical (unpaired) electrons. The maximum Gasteiger partial charge on any atom is 0.253 e. The summed E-state index contributed by atoms with van der Waals surface area (Å²) in [5.41, 5.74) is 8.28. The fraction of sp³-hybridized carbons (Fsp3) is 0.167. The van der Waals surface area contributed by atoms with Crippen molar-refractivity contribution in [3.05, 3.63) is 64.5 Å². The van der Waals surface area contributed by atoms with Crippen LogP contribution in [0.15, 0.2) is 53.7 Å². The summed E-state index contributed by atoms with van der Waals surface area (Å²) in [5, 5.41) is 9.74. The number of hydrogen-bond acceptors (Lipinski definition) is 4. The number of nitrogens with two attached hydrogens (primary N) is 1. The Morgan fingerprint density at radius 2 is 2.08 bits per heavy atom. The molecule has 1 aliphatic heterocycles. The third-order valence-electron chi connectivity index (χ3n) is 4.08. The van der Waals surface area contributed by atoms with Crippen LogP contribution in [0.3, 0.4) is 0 Å². The third kappa shape index (κ3) is 3.55. The molecule has 0 unspecified atom stereocenters. The standard InChI is InChI=1S/C18H16ClN3O3/c19-16-5-4-13(7-21-16)12-3-1-2-11(6-12)8-22-9-14(17(20)24)15(10-23)18(22)25/h1-7,23H,8-10H2,(H2,20,24). The number of amides is 2. The monoisotopic (exact) mass is 357 g/mol. The Morgan fingerprint density at radius 1 is 1.28 bits per heavy atom. The molecule has 0 saturated carbocycles. The highest BCUT2D eigenvalue weighted by Gasteiger charge is 2.32. The first-order chi connectivity index (χ1) is 12.0. The molecule has 1 aromatic heterocycles. The number of rotatable bonds is 5. The summed E-state index contributed by atoms with van der Waals surface area (Å²) in [6.07, 6.45) is 1.68. The van der Waals surface area contributed by atoms with Gasteiger partial charge < -0.3 is 15.7 Å². The predicted molar refractivity (Wildman–Crippen MR) is 93.4 cm³/mol. The average Bonchev–Trinajstić information content (AvgIpc) is 2.92. The first-order valence-corrected chi connectivity index (χ1v) is 8.00. The molecular weight excluding hydrogens is 342 g/mol. The highest BCUT2D eigenvalue weighted by molar-refractivity contribution is 6.29. The van der Waals surface area contributed by atoms with Crippen LogP contribution < -0.4 is 5.73 Å². The van der Waals surface area contributed by atoms with Crippen molar-refractivity contribution in [3.63, 3.8) is 0 Å². The van der Waals surface area contributed by atoms with Gasteiger partial charge in [-0.05, 0) is 29.3 Å². The van der Waals surface area contributed by atoms with Crippen LogP contribution >= 0.6 is 11.6 Å². The third-order valence-corrected chi connectivity index (χ3v) is 4.30. The van der Waals surface area contributed by atoms with E-state index in [-0.39, 0.29) is 23.6 Å². The van der Waals surface area contributed by atoms with Crippen molar-refractivity contribution < 1.29 is 14.7 Å². The lowest BCUT2D eigenvalue weighted by atomic mass is 10.0. The van der Waals surface area contributed by atoms with Gasteiger partial charge >= 0.3 is 0 Å². The van der Waals surface area contributed by atoms with Crippen molar-refractivity contribution >= 4 is 23.4 Å². The van der Waals surface area contributed by atoms with E-state index in [0.717, 1.165) is 16.7 Å². The van der Waals surface area contributed by atoms with E-state index >= 15 is 0 Å². The van der Waals surface area contributed by atoms with E-state index in [0.29, 0.717) is 11.7 Å². The molecule has 0 fully saturated rings. The predicted octanol–water partition coefficient (Wildman–Crippen LogP) is 1.52. The zero-order valence-corrected chi connectivity index (χ0v) is 14.0. The first-order valence-electron chi connectivity index (χ1n) is 7.62. The van der Waals surface area contributed by atoms with Gasteiger partial charge in [-0.3, -0.25) is 9.59 Å². The van der Waals surface area contributed by atoms with E-state index in [1.807, 2.05) is 30.3 Å². The van der Waals surface area contributed by atoms with Gasteiger partial charge in [0, 0.05) is 23.9 Å². The summed E-state index contributed by atoms with van der Waals surface area (Å²) >= 11 is 5.81. The minimum Gasteiger partial charge on any atom is -0.391 e. The van der Waals surface area contributed by atoms with Gasteiger partial charge in [0.2, 0.25) is 5.91 Å². The van der Waals surface area contributed by atoms with Crippen molar-refractivity contribution in [2.45, 2.75) is 6.54 Å². The lowest BCUT2D eigenvalue weighted by Gasteiger charge is -2.17. The van der Waals surface area contributed by atoms with Crippen LogP contribution in [0.25, 0.3) is 11.1 Å². The van der Waals surface area contributed by atoms with E-state index in [2.05, 4.69) is 4.98 Å². The number of pyridine rings is 1. The molecule has 1 aliphatic rings. The number of hydrogen-bond donors (Lipinski definition) is 2. The lowest BCUT2D eigenvalue weighted by molar-refractivity contribution is -0.126. The van der Waals surface area contributed by atoms with Crippen LogP contribution in [-0.2, 0) is 16.1 Å². The second kappa shape index (κ2) is 7.04. The molecule has 128 valence electrons. The molecule has 0 atom stereocenters. The van der Waals surface area contributed by atoms with Crippen molar-refractivity contribution in [1.29, 1.82) is 0 Å². The number of aromatic nitrogens is 1. The number of carbonyl (C=O) groups is 2. The zero-order valence-electron chi connectivity index (χ0n) is 13.3. The highest BCUT2D eigenvalue weighted by Crippen LogP contribution is 2.24. The molecule has 1 aromatic carbocycles. The van der Waals surface area contributed by atoms with Gasteiger partial charge in [-0.2, -0.15) is 0 Å². The van der Waals surface area contributed by atoms with E-state index in [1.165, 1.54) is 4.90 Å². The molecule has 6 nitrogen and oxygen atoms in total. The smallest absolute Gasteiger partial charge is 0.253 e. The summed E-state index contributed by atoms with van der Waals surface area (Å²) in [4.78, 5) is 29.3. The molecule has 7 heteroatoms. The minimum absolute atomic E-state index is 0.0746. The Morgan fingerprint density at radius 3 is 2.68 bits per heavy atom. The Hall–Kier alpha value is -2.70. The number of halogens is 1. The van der Waals surface area contributed by atoms with Gasteiger partial charge in [0.1, 0.15) is 5.15 Å². The second-order valence-corrected chi connectivity index (χ2v) is 6.10. The van der Waals surface area contributed by atoms with Crippen molar-refractivity contribution in [2.75, 3.05) is 13.2 Å². The van der Waals surface area contributed by atoms with Gasteiger partial charge in [-0.25, -0.2) is 4.98 Å². The fourth-order valence-electron chi connectivity index (χ4n) is 2.81. The maximum absolute atomic E-state index is 12.3. The number of primary amides is 1. The van der Waals surface area contributed by atoms with Crippen molar-refractivity contribution in [2.24, 2.45) is 5.73 Å². The van der Waals surface area contributed by atoms with Gasteiger partial charge in [-0.15, -0.1) is 0 Å². The van der Waals surface area contributed by atoms with Crippen molar-refractivity contribution in [1.82, 2.24) is 9.88 Å². The molecule has 0 spiro atoms. The Balaban J connectivity index is 1.81. The number of nitrogens with zero attached hydrogens (tertiary/aromatic N) is 2. The maximum atomic E-state index is 12.3. The summed E-state index contributed by atoms with van der Waals surface area (Å²) in [6.45, 7) is -0.0746. The summed E-state index contributed by atoms with van der Waals surface area (Å²) in [6, 6.07) is 11.2. The van der Waals surface area contributed by atoms with E-state index < -0.39 is 12.5 Å². The molecule has 2 heterocycles. The fourth-order valence-corrected chi connectivity index (χ4v) is 2.92. The molecule has 0 saturated heterocycles. The average molecular weight is 358 g/mol. The van der Waals surface area contributed by atoms with Crippen LogP contribution in [0.2, 0.25) is 5.15 Å². The van der Waals surface area contributed by atoms with Gasteiger partial charge in [-0.1, -0.05) is 29.8 Å². The Bertz CT molecular complexity index is 862. The molecule has 2 aromatic rings. The Labute approximate surface area is 149 Å². The van der Waals surface area contributed by atoms with Gasteiger partial charge in [0.25, 0.3) is 5.91 Å². The minimum atomic E-state index is -0.680. The van der Waals surface area contributed by atoms with Gasteiger partial charge in [0.05, 0.1) is 18.7 Å². The first kappa shape index (κ1) is 17.1. The molecule has 2 amide bonds. The Kier molecular flexibility index (Phi) is 4.83. The summed E-state index contributed by atoms with van der Waals surface area (Å²) < 4.78 is 0. The molecule has 0 bridgehead atoms. The van der Waals surface area contributed by atoms with Crippen LogP contribution in [0.4, 0.5) is 0 Å². The lowest BCUT2D eigenvalue weighted by Crippen LogP contribution is -2.28. The van der Waals surface area contributed by atoms with Crippen LogP contribution in [0, 0.1) is 0 Å². The van der Waals surface area contributed by atoms with Crippen molar-refractivity contribution in [3.8, 4) is 11.1 Å². The number of aliphatic hydroxyl groups excluding tert-OH is 1. The van der Waals surface area contributed by atoms with E-state index in [4.69, 9.17) is 17.3 Å². The zero-order chi connectivity index (χ0) is 18.0.